The molecule has 0 saturated carbocycles. The molecule has 132 valence electrons. The van der Waals surface area contributed by atoms with Crippen molar-refractivity contribution in [3.63, 3.8) is 0 Å². The van der Waals surface area contributed by atoms with Gasteiger partial charge in [-0.05, 0) is 51.0 Å². The first-order valence-electron chi connectivity index (χ1n) is 8.76. The van der Waals surface area contributed by atoms with Crippen molar-refractivity contribution < 1.29 is 9.47 Å². The Morgan fingerprint density at radius 1 is 1.17 bits per heavy atom. The number of benzene rings is 1. The van der Waals surface area contributed by atoms with Crippen LogP contribution in [0.3, 0.4) is 0 Å². The maximum absolute atomic E-state index is 5.96. The summed E-state index contributed by atoms with van der Waals surface area (Å²) in [4.78, 5) is 6.69. The number of rotatable bonds is 4. The lowest BCUT2D eigenvalue weighted by molar-refractivity contribution is 0.0936. The summed E-state index contributed by atoms with van der Waals surface area (Å²) in [5.74, 6) is 3.18. The second-order valence-electron chi connectivity index (χ2n) is 6.58. The van der Waals surface area contributed by atoms with Crippen LogP contribution in [0, 0.1) is 5.92 Å². The highest BCUT2D eigenvalue weighted by Crippen LogP contribution is 2.30. The first-order valence-corrected chi connectivity index (χ1v) is 8.76. The van der Waals surface area contributed by atoms with Gasteiger partial charge in [0.05, 0.1) is 6.54 Å². The average molecular weight is 332 g/mol. The summed E-state index contributed by atoms with van der Waals surface area (Å²) in [5.41, 5.74) is 0. The minimum absolute atomic E-state index is 0.0122. The summed E-state index contributed by atoms with van der Waals surface area (Å²) in [7, 11) is 3.99. The molecule has 1 fully saturated rings. The van der Waals surface area contributed by atoms with Gasteiger partial charge in [-0.1, -0.05) is 12.1 Å². The van der Waals surface area contributed by atoms with E-state index in [1.807, 2.05) is 24.3 Å². The Balaban J connectivity index is 1.40. The molecule has 2 aliphatic heterocycles. The fraction of sp³-hybridized carbons (Fsp3) is 0.611. The van der Waals surface area contributed by atoms with E-state index >= 15 is 0 Å². The van der Waals surface area contributed by atoms with Crippen LogP contribution in [0.15, 0.2) is 29.3 Å². The van der Waals surface area contributed by atoms with Crippen molar-refractivity contribution in [2.75, 3.05) is 46.9 Å². The summed E-state index contributed by atoms with van der Waals surface area (Å²) in [5, 5.41) is 6.78. The Morgan fingerprint density at radius 3 is 2.62 bits per heavy atom. The van der Waals surface area contributed by atoms with Crippen LogP contribution in [0.25, 0.3) is 0 Å². The molecule has 1 aromatic carbocycles. The Labute approximate surface area is 144 Å². The molecule has 3 rings (SSSR count). The lowest BCUT2D eigenvalue weighted by Crippen LogP contribution is -2.47. The second kappa shape index (κ2) is 8.24. The van der Waals surface area contributed by atoms with Crippen LogP contribution >= 0.6 is 0 Å². The number of fused-ring (bicyclic) bond motifs is 1. The molecule has 1 unspecified atom stereocenters. The van der Waals surface area contributed by atoms with Gasteiger partial charge >= 0.3 is 0 Å². The zero-order valence-corrected chi connectivity index (χ0v) is 14.6. The van der Waals surface area contributed by atoms with Crippen LogP contribution in [0.1, 0.15) is 12.8 Å². The van der Waals surface area contributed by atoms with Crippen LogP contribution in [0.2, 0.25) is 0 Å². The monoisotopic (exact) mass is 332 g/mol. The molecule has 0 bridgehead atoms. The molecule has 1 atom stereocenters. The molecule has 2 heterocycles. The maximum atomic E-state index is 5.96. The van der Waals surface area contributed by atoms with Crippen LogP contribution in [-0.2, 0) is 0 Å². The first-order chi connectivity index (χ1) is 11.7. The third-order valence-electron chi connectivity index (χ3n) is 4.68. The van der Waals surface area contributed by atoms with E-state index < -0.39 is 0 Å². The molecule has 1 aromatic rings. The summed E-state index contributed by atoms with van der Waals surface area (Å²) in [6, 6.07) is 7.78. The molecule has 6 heteroatoms. The highest BCUT2D eigenvalue weighted by atomic mass is 16.6. The number of ether oxygens (including phenoxy) is 2. The summed E-state index contributed by atoms with van der Waals surface area (Å²) in [6.45, 7) is 4.56. The van der Waals surface area contributed by atoms with Gasteiger partial charge in [0.25, 0.3) is 0 Å². The lowest BCUT2D eigenvalue weighted by Gasteiger charge is -2.30. The number of hydrogen-bond acceptors (Lipinski definition) is 4. The first kappa shape index (κ1) is 16.9. The van der Waals surface area contributed by atoms with Crippen LogP contribution in [-0.4, -0.2) is 63.8 Å². The van der Waals surface area contributed by atoms with Gasteiger partial charge in [0.15, 0.2) is 17.5 Å². The average Bonchev–Trinajstić information content (AvgIpc) is 2.63. The molecular weight excluding hydrogens is 304 g/mol. The number of guanidine groups is 1. The number of piperidine rings is 1. The van der Waals surface area contributed by atoms with Crippen molar-refractivity contribution >= 4 is 5.96 Å². The Bertz CT molecular complexity index is 556. The molecule has 0 aliphatic carbocycles. The second-order valence-corrected chi connectivity index (χ2v) is 6.58. The highest BCUT2D eigenvalue weighted by Gasteiger charge is 2.21. The van der Waals surface area contributed by atoms with E-state index in [1.165, 1.54) is 25.9 Å². The van der Waals surface area contributed by atoms with E-state index in [4.69, 9.17) is 9.47 Å². The highest BCUT2D eigenvalue weighted by molar-refractivity contribution is 5.79. The number of likely N-dealkylation sites (tertiary alicyclic amines) is 1. The van der Waals surface area contributed by atoms with Gasteiger partial charge in [-0.2, -0.15) is 0 Å². The predicted molar refractivity (Wildman–Crippen MR) is 95.9 cm³/mol. The smallest absolute Gasteiger partial charge is 0.191 e. The zero-order valence-electron chi connectivity index (χ0n) is 14.6. The minimum Gasteiger partial charge on any atom is -0.486 e. The molecule has 0 aromatic heterocycles. The summed E-state index contributed by atoms with van der Waals surface area (Å²) in [6.07, 6.45) is 2.48. The molecular formula is C18H28N4O2. The standard InChI is InChI=1S/C18H28N4O2/c1-19-18(20-11-14-7-9-22(2)10-8-14)21-12-15-13-23-16-5-3-4-6-17(16)24-15/h3-6,14-15H,7-13H2,1-2H3,(H2,19,20,21). The molecule has 6 nitrogen and oxygen atoms in total. The number of hydrogen-bond donors (Lipinski definition) is 2. The normalized spacial score (nSPS) is 22.2. The molecule has 2 N–H and O–H groups in total. The third kappa shape index (κ3) is 4.54. The van der Waals surface area contributed by atoms with E-state index in [0.717, 1.165) is 29.9 Å². The Morgan fingerprint density at radius 2 is 1.88 bits per heavy atom. The molecule has 24 heavy (non-hydrogen) atoms. The molecule has 0 amide bonds. The minimum atomic E-state index is -0.0122. The van der Waals surface area contributed by atoms with Gasteiger partial charge in [-0.25, -0.2) is 0 Å². The maximum Gasteiger partial charge on any atom is 0.191 e. The van der Waals surface area contributed by atoms with E-state index in [2.05, 4.69) is 27.6 Å². The van der Waals surface area contributed by atoms with Crippen molar-refractivity contribution in [1.82, 2.24) is 15.5 Å². The largest absolute Gasteiger partial charge is 0.486 e. The van der Waals surface area contributed by atoms with Crippen LogP contribution in [0.5, 0.6) is 11.5 Å². The van der Waals surface area contributed by atoms with E-state index in [1.54, 1.807) is 7.05 Å². The molecule has 1 saturated heterocycles. The summed E-state index contributed by atoms with van der Waals surface area (Å²) >= 11 is 0. The topological polar surface area (TPSA) is 58.1 Å². The van der Waals surface area contributed by atoms with Crippen molar-refractivity contribution in [3.05, 3.63) is 24.3 Å². The van der Waals surface area contributed by atoms with Crippen molar-refractivity contribution in [3.8, 4) is 11.5 Å². The molecule has 2 aliphatic rings. The van der Waals surface area contributed by atoms with Crippen molar-refractivity contribution in [2.24, 2.45) is 10.9 Å². The predicted octanol–water partition coefficient (Wildman–Crippen LogP) is 1.33. The van der Waals surface area contributed by atoms with Crippen molar-refractivity contribution in [1.29, 1.82) is 0 Å². The number of aliphatic imine (C=N–C) groups is 1. The molecule has 0 spiro atoms. The number of nitrogens with zero attached hydrogens (tertiary/aromatic N) is 2. The third-order valence-corrected chi connectivity index (χ3v) is 4.68. The quantitative estimate of drug-likeness (QED) is 0.644. The zero-order chi connectivity index (χ0) is 16.8. The Hall–Kier alpha value is -1.95. The van der Waals surface area contributed by atoms with Gasteiger partial charge in [-0.3, -0.25) is 4.99 Å². The van der Waals surface area contributed by atoms with Gasteiger partial charge in [-0.15, -0.1) is 0 Å². The van der Waals surface area contributed by atoms with Gasteiger partial charge in [0.1, 0.15) is 12.7 Å². The van der Waals surface area contributed by atoms with Gasteiger partial charge in [0, 0.05) is 13.6 Å². The molecule has 0 radical (unpaired) electrons. The van der Waals surface area contributed by atoms with Gasteiger partial charge < -0.3 is 25.0 Å². The summed E-state index contributed by atoms with van der Waals surface area (Å²) < 4.78 is 11.7. The van der Waals surface area contributed by atoms with Crippen LogP contribution in [0.4, 0.5) is 0 Å². The lowest BCUT2D eigenvalue weighted by atomic mass is 9.97. The van der Waals surface area contributed by atoms with E-state index in [9.17, 15) is 0 Å². The van der Waals surface area contributed by atoms with E-state index in [0.29, 0.717) is 13.2 Å². The number of nitrogens with one attached hydrogen (secondary N) is 2. The van der Waals surface area contributed by atoms with Crippen LogP contribution < -0.4 is 20.1 Å². The van der Waals surface area contributed by atoms with E-state index in [-0.39, 0.29) is 6.10 Å². The van der Waals surface area contributed by atoms with Crippen molar-refractivity contribution in [2.45, 2.75) is 18.9 Å². The fourth-order valence-corrected chi connectivity index (χ4v) is 3.10. The fourth-order valence-electron chi connectivity index (χ4n) is 3.10. The number of para-hydroxylation sites is 2. The van der Waals surface area contributed by atoms with Gasteiger partial charge in [0.2, 0.25) is 0 Å². The SMILES string of the molecule is CN=C(NCC1CCN(C)CC1)NCC1COc2ccccc2O1. The Kier molecular flexibility index (Phi) is 5.80.